The Labute approximate surface area is 109 Å². The second-order valence-electron chi connectivity index (χ2n) is 4.16. The van der Waals surface area contributed by atoms with Gasteiger partial charge in [-0.3, -0.25) is 0 Å². The maximum absolute atomic E-state index is 13.1. The van der Waals surface area contributed by atoms with Gasteiger partial charge in [-0.1, -0.05) is 29.8 Å². The predicted octanol–water partition coefficient (Wildman–Crippen LogP) is 3.97. The SMILES string of the molecule is Cc1cc(C(N)c2ccc(F)c(F)c2)ccc1Cl. The van der Waals surface area contributed by atoms with Crippen molar-refractivity contribution in [3.8, 4) is 0 Å². The Hall–Kier alpha value is -1.45. The molecule has 0 aliphatic rings. The van der Waals surface area contributed by atoms with E-state index in [0.717, 1.165) is 23.3 Å². The van der Waals surface area contributed by atoms with Crippen molar-refractivity contribution < 1.29 is 8.78 Å². The normalized spacial score (nSPS) is 12.5. The second kappa shape index (κ2) is 5.04. The minimum atomic E-state index is -0.895. The van der Waals surface area contributed by atoms with Crippen LogP contribution in [0.1, 0.15) is 22.7 Å². The lowest BCUT2D eigenvalue weighted by Gasteiger charge is -2.14. The molecule has 2 N–H and O–H groups in total. The standard InChI is InChI=1S/C14H12ClF2N/c1-8-6-9(2-4-11(8)15)14(18)10-3-5-12(16)13(17)7-10/h2-7,14H,18H2,1H3. The van der Waals surface area contributed by atoms with Gasteiger partial charge in [0.2, 0.25) is 0 Å². The monoisotopic (exact) mass is 267 g/mol. The van der Waals surface area contributed by atoms with E-state index in [1.807, 2.05) is 13.0 Å². The van der Waals surface area contributed by atoms with E-state index in [1.165, 1.54) is 6.07 Å². The molecule has 0 aliphatic heterocycles. The highest BCUT2D eigenvalue weighted by Gasteiger charge is 2.12. The Morgan fingerprint density at radius 2 is 1.61 bits per heavy atom. The van der Waals surface area contributed by atoms with Crippen molar-refractivity contribution in [3.05, 3.63) is 69.7 Å². The summed E-state index contributed by atoms with van der Waals surface area (Å²) in [5, 5.41) is 0.649. The van der Waals surface area contributed by atoms with Crippen LogP contribution in [0.4, 0.5) is 8.78 Å². The molecule has 2 aromatic rings. The fourth-order valence-corrected chi connectivity index (χ4v) is 1.88. The van der Waals surface area contributed by atoms with Gasteiger partial charge >= 0.3 is 0 Å². The zero-order valence-electron chi connectivity index (χ0n) is 9.75. The van der Waals surface area contributed by atoms with Crippen molar-refractivity contribution in [2.45, 2.75) is 13.0 Å². The fourth-order valence-electron chi connectivity index (χ4n) is 1.76. The van der Waals surface area contributed by atoms with E-state index < -0.39 is 17.7 Å². The van der Waals surface area contributed by atoms with Gasteiger partial charge in [-0.25, -0.2) is 8.78 Å². The molecule has 1 nitrogen and oxygen atoms in total. The lowest BCUT2D eigenvalue weighted by atomic mass is 9.98. The van der Waals surface area contributed by atoms with Gasteiger partial charge in [0.15, 0.2) is 11.6 Å². The van der Waals surface area contributed by atoms with Gasteiger partial charge < -0.3 is 5.73 Å². The lowest BCUT2D eigenvalue weighted by Crippen LogP contribution is -2.12. The quantitative estimate of drug-likeness (QED) is 0.875. The van der Waals surface area contributed by atoms with Gasteiger partial charge in [-0.05, 0) is 41.8 Å². The van der Waals surface area contributed by atoms with Crippen LogP contribution in [0.25, 0.3) is 0 Å². The lowest BCUT2D eigenvalue weighted by molar-refractivity contribution is 0.506. The molecule has 0 saturated carbocycles. The summed E-state index contributed by atoms with van der Waals surface area (Å²) < 4.78 is 26.0. The number of rotatable bonds is 2. The van der Waals surface area contributed by atoms with Crippen LogP contribution in [0.3, 0.4) is 0 Å². The van der Waals surface area contributed by atoms with Crippen molar-refractivity contribution in [2.24, 2.45) is 5.73 Å². The summed E-state index contributed by atoms with van der Waals surface area (Å²) in [6.07, 6.45) is 0. The van der Waals surface area contributed by atoms with Crippen LogP contribution in [0, 0.1) is 18.6 Å². The first kappa shape index (κ1) is 13.0. The van der Waals surface area contributed by atoms with Gasteiger partial charge in [-0.2, -0.15) is 0 Å². The maximum Gasteiger partial charge on any atom is 0.159 e. The highest BCUT2D eigenvalue weighted by atomic mass is 35.5. The third-order valence-corrected chi connectivity index (χ3v) is 3.27. The van der Waals surface area contributed by atoms with Crippen molar-refractivity contribution >= 4 is 11.6 Å². The molecule has 0 fully saturated rings. The molecular weight excluding hydrogens is 256 g/mol. The molecule has 4 heteroatoms. The Morgan fingerprint density at radius 3 is 2.22 bits per heavy atom. The van der Waals surface area contributed by atoms with Gasteiger partial charge in [0, 0.05) is 5.02 Å². The molecule has 0 saturated heterocycles. The van der Waals surface area contributed by atoms with Crippen molar-refractivity contribution in [1.29, 1.82) is 0 Å². The topological polar surface area (TPSA) is 26.0 Å². The Balaban J connectivity index is 2.37. The van der Waals surface area contributed by atoms with Gasteiger partial charge in [0.25, 0.3) is 0 Å². The van der Waals surface area contributed by atoms with E-state index in [9.17, 15) is 8.78 Å². The summed E-state index contributed by atoms with van der Waals surface area (Å²) in [7, 11) is 0. The predicted molar refractivity (Wildman–Crippen MR) is 68.6 cm³/mol. The first-order chi connectivity index (χ1) is 8.49. The minimum absolute atomic E-state index is 0.504. The molecular formula is C14H12ClF2N. The summed E-state index contributed by atoms with van der Waals surface area (Å²) in [6.45, 7) is 1.86. The molecule has 18 heavy (non-hydrogen) atoms. The average Bonchev–Trinajstić information content (AvgIpc) is 2.35. The van der Waals surface area contributed by atoms with E-state index in [2.05, 4.69) is 0 Å². The number of benzene rings is 2. The van der Waals surface area contributed by atoms with Crippen molar-refractivity contribution in [3.63, 3.8) is 0 Å². The molecule has 0 aromatic heterocycles. The highest BCUT2D eigenvalue weighted by molar-refractivity contribution is 6.31. The number of hydrogen-bond acceptors (Lipinski definition) is 1. The summed E-state index contributed by atoms with van der Waals surface area (Å²) in [5.41, 5.74) is 8.25. The smallest absolute Gasteiger partial charge is 0.159 e. The van der Waals surface area contributed by atoms with E-state index in [4.69, 9.17) is 17.3 Å². The molecule has 0 bridgehead atoms. The van der Waals surface area contributed by atoms with Crippen LogP contribution in [0.2, 0.25) is 5.02 Å². The van der Waals surface area contributed by atoms with Crippen LogP contribution in [0.15, 0.2) is 36.4 Å². The average molecular weight is 268 g/mol. The number of halogens is 3. The van der Waals surface area contributed by atoms with Crippen LogP contribution in [0.5, 0.6) is 0 Å². The summed E-state index contributed by atoms with van der Waals surface area (Å²) >= 11 is 5.93. The summed E-state index contributed by atoms with van der Waals surface area (Å²) in [6, 6.07) is 8.53. The Morgan fingerprint density at radius 1 is 1.00 bits per heavy atom. The Bertz CT molecular complexity index is 533. The van der Waals surface area contributed by atoms with Crippen LogP contribution in [-0.4, -0.2) is 0 Å². The molecule has 0 heterocycles. The molecule has 2 rings (SSSR count). The van der Waals surface area contributed by atoms with E-state index in [-0.39, 0.29) is 0 Å². The van der Waals surface area contributed by atoms with Crippen molar-refractivity contribution in [1.82, 2.24) is 0 Å². The molecule has 94 valence electrons. The molecule has 2 aromatic carbocycles. The Kier molecular flexibility index (Phi) is 3.64. The third-order valence-electron chi connectivity index (χ3n) is 2.84. The number of nitrogens with two attached hydrogens (primary N) is 1. The minimum Gasteiger partial charge on any atom is -0.320 e. The largest absolute Gasteiger partial charge is 0.320 e. The molecule has 0 aliphatic carbocycles. The molecule has 0 radical (unpaired) electrons. The summed E-state index contributed by atoms with van der Waals surface area (Å²) in [4.78, 5) is 0. The number of hydrogen-bond donors (Lipinski definition) is 1. The zero-order valence-corrected chi connectivity index (χ0v) is 10.5. The number of aryl methyl sites for hydroxylation is 1. The van der Waals surface area contributed by atoms with Crippen LogP contribution in [-0.2, 0) is 0 Å². The van der Waals surface area contributed by atoms with Gasteiger partial charge in [0.1, 0.15) is 0 Å². The second-order valence-corrected chi connectivity index (χ2v) is 4.57. The first-order valence-electron chi connectivity index (χ1n) is 5.45. The third kappa shape index (κ3) is 2.52. The highest BCUT2D eigenvalue weighted by Crippen LogP contribution is 2.25. The zero-order chi connectivity index (χ0) is 13.3. The van der Waals surface area contributed by atoms with Gasteiger partial charge in [-0.15, -0.1) is 0 Å². The van der Waals surface area contributed by atoms with E-state index in [1.54, 1.807) is 12.1 Å². The van der Waals surface area contributed by atoms with Crippen molar-refractivity contribution in [2.75, 3.05) is 0 Å². The van der Waals surface area contributed by atoms with E-state index >= 15 is 0 Å². The summed E-state index contributed by atoms with van der Waals surface area (Å²) in [5.74, 6) is -1.77. The molecule has 1 unspecified atom stereocenters. The van der Waals surface area contributed by atoms with Crippen LogP contribution >= 0.6 is 11.6 Å². The molecule has 0 amide bonds. The first-order valence-corrected chi connectivity index (χ1v) is 5.83. The maximum atomic E-state index is 13.1. The molecule has 1 atom stereocenters. The van der Waals surface area contributed by atoms with E-state index in [0.29, 0.717) is 10.6 Å². The molecule has 0 spiro atoms. The van der Waals surface area contributed by atoms with Crippen LogP contribution < -0.4 is 5.73 Å². The fraction of sp³-hybridized carbons (Fsp3) is 0.143. The van der Waals surface area contributed by atoms with Gasteiger partial charge in [0.05, 0.1) is 6.04 Å².